The fourth-order valence-electron chi connectivity index (χ4n) is 4.52. The highest BCUT2D eigenvalue weighted by atomic mass is 32.2. The standard InChI is InChI=1S/C24H33N3O3S/c1-15(2)23(18-9-10-20-21(13-18)30-12-11-29-20)26-22(28)14-31-24-25-16(3)17(4)27(24)19-7-5-6-8-19/h9-10,13,15,19,23H,5-8,11-12,14H2,1-4H3,(H,26,28)/t23-/m0/s1. The fraction of sp³-hybridized carbons (Fsp3) is 0.583. The zero-order valence-electron chi connectivity index (χ0n) is 18.9. The summed E-state index contributed by atoms with van der Waals surface area (Å²) in [5, 5.41) is 4.20. The molecule has 1 fully saturated rings. The van der Waals surface area contributed by atoms with Gasteiger partial charge >= 0.3 is 0 Å². The molecule has 0 bridgehead atoms. The average molecular weight is 444 g/mol. The maximum absolute atomic E-state index is 12.9. The minimum absolute atomic E-state index is 0.0230. The Morgan fingerprint density at radius 3 is 2.61 bits per heavy atom. The van der Waals surface area contributed by atoms with E-state index in [1.165, 1.54) is 31.4 Å². The molecule has 31 heavy (non-hydrogen) atoms. The van der Waals surface area contributed by atoms with Crippen molar-refractivity contribution in [2.24, 2.45) is 5.92 Å². The van der Waals surface area contributed by atoms with E-state index in [-0.39, 0.29) is 17.9 Å². The Labute approximate surface area is 189 Å². The molecule has 1 aromatic carbocycles. The summed E-state index contributed by atoms with van der Waals surface area (Å²) < 4.78 is 13.7. The van der Waals surface area contributed by atoms with Crippen LogP contribution >= 0.6 is 11.8 Å². The summed E-state index contributed by atoms with van der Waals surface area (Å²) >= 11 is 1.54. The van der Waals surface area contributed by atoms with Gasteiger partial charge in [-0.15, -0.1) is 0 Å². The maximum Gasteiger partial charge on any atom is 0.230 e. The second kappa shape index (κ2) is 9.55. The van der Waals surface area contributed by atoms with Crippen LogP contribution in [0.3, 0.4) is 0 Å². The third-order valence-electron chi connectivity index (χ3n) is 6.29. The predicted octanol–water partition coefficient (Wildman–Crippen LogP) is 4.99. The molecule has 0 radical (unpaired) electrons. The second-order valence-electron chi connectivity index (χ2n) is 8.85. The van der Waals surface area contributed by atoms with Crippen LogP contribution < -0.4 is 14.8 Å². The van der Waals surface area contributed by atoms with Crippen molar-refractivity contribution in [2.45, 2.75) is 70.6 Å². The molecule has 2 aromatic rings. The average Bonchev–Trinajstić information content (AvgIpc) is 3.38. The molecule has 6 nitrogen and oxygen atoms in total. The molecular weight excluding hydrogens is 410 g/mol. The largest absolute Gasteiger partial charge is 0.486 e. The van der Waals surface area contributed by atoms with Crippen molar-refractivity contribution in [2.75, 3.05) is 19.0 Å². The highest BCUT2D eigenvalue weighted by molar-refractivity contribution is 7.99. The van der Waals surface area contributed by atoms with Crippen molar-refractivity contribution in [3.05, 3.63) is 35.2 Å². The van der Waals surface area contributed by atoms with Crippen LogP contribution in [0.2, 0.25) is 0 Å². The van der Waals surface area contributed by atoms with Crippen LogP contribution in [0.15, 0.2) is 23.4 Å². The van der Waals surface area contributed by atoms with Crippen LogP contribution in [-0.4, -0.2) is 34.4 Å². The molecule has 4 rings (SSSR count). The lowest BCUT2D eigenvalue weighted by atomic mass is 9.95. The topological polar surface area (TPSA) is 65.4 Å². The minimum Gasteiger partial charge on any atom is -0.486 e. The molecule has 168 valence electrons. The van der Waals surface area contributed by atoms with Crippen molar-refractivity contribution in [1.29, 1.82) is 0 Å². The second-order valence-corrected chi connectivity index (χ2v) is 9.80. The van der Waals surface area contributed by atoms with Crippen LogP contribution in [0.1, 0.15) is 68.6 Å². The quantitative estimate of drug-likeness (QED) is 0.611. The van der Waals surface area contributed by atoms with Gasteiger partial charge in [-0.25, -0.2) is 4.98 Å². The maximum atomic E-state index is 12.9. The molecule has 2 aliphatic rings. The Morgan fingerprint density at radius 1 is 1.19 bits per heavy atom. The number of hydrogen-bond donors (Lipinski definition) is 1. The van der Waals surface area contributed by atoms with Crippen LogP contribution in [-0.2, 0) is 4.79 Å². The third-order valence-corrected chi connectivity index (χ3v) is 7.24. The van der Waals surface area contributed by atoms with Gasteiger partial charge in [0.05, 0.1) is 17.5 Å². The van der Waals surface area contributed by atoms with E-state index in [0.717, 1.165) is 27.9 Å². The summed E-state index contributed by atoms with van der Waals surface area (Å²) in [7, 11) is 0. The summed E-state index contributed by atoms with van der Waals surface area (Å²) in [6, 6.07) is 6.39. The van der Waals surface area contributed by atoms with Gasteiger partial charge in [0.1, 0.15) is 13.2 Å². The van der Waals surface area contributed by atoms with E-state index in [1.807, 2.05) is 18.2 Å². The van der Waals surface area contributed by atoms with E-state index in [2.05, 4.69) is 37.6 Å². The van der Waals surface area contributed by atoms with Crippen molar-refractivity contribution >= 4 is 17.7 Å². The number of nitrogens with one attached hydrogen (secondary N) is 1. The number of carbonyl (C=O) groups is 1. The van der Waals surface area contributed by atoms with Gasteiger partial charge in [-0.1, -0.05) is 44.5 Å². The van der Waals surface area contributed by atoms with Crippen LogP contribution in [0.4, 0.5) is 0 Å². The van der Waals surface area contributed by atoms with E-state index in [0.29, 0.717) is 25.0 Å². The van der Waals surface area contributed by atoms with Crippen molar-refractivity contribution in [3.8, 4) is 11.5 Å². The Balaban J connectivity index is 1.43. The highest BCUT2D eigenvalue weighted by Crippen LogP contribution is 2.36. The first kappa shape index (κ1) is 22.1. The lowest BCUT2D eigenvalue weighted by Gasteiger charge is -2.25. The number of ether oxygens (including phenoxy) is 2. The van der Waals surface area contributed by atoms with E-state index >= 15 is 0 Å². The molecule has 1 atom stereocenters. The normalized spacial score (nSPS) is 17.2. The summed E-state index contributed by atoms with van der Waals surface area (Å²) in [6.07, 6.45) is 4.96. The van der Waals surface area contributed by atoms with E-state index in [1.54, 1.807) is 11.8 Å². The number of carbonyl (C=O) groups excluding carboxylic acids is 1. The van der Waals surface area contributed by atoms with Gasteiger partial charge in [0.25, 0.3) is 0 Å². The lowest BCUT2D eigenvalue weighted by molar-refractivity contribution is -0.119. The molecule has 1 saturated carbocycles. The smallest absolute Gasteiger partial charge is 0.230 e. The number of benzene rings is 1. The molecule has 0 unspecified atom stereocenters. The molecule has 1 aliphatic carbocycles. The Kier molecular flexibility index (Phi) is 6.80. The first-order valence-electron chi connectivity index (χ1n) is 11.3. The number of fused-ring (bicyclic) bond motifs is 1. The number of thioether (sulfide) groups is 1. The number of aromatic nitrogens is 2. The lowest BCUT2D eigenvalue weighted by Crippen LogP contribution is -2.33. The van der Waals surface area contributed by atoms with Crippen molar-refractivity contribution < 1.29 is 14.3 Å². The van der Waals surface area contributed by atoms with Gasteiger partial charge in [-0.3, -0.25) is 4.79 Å². The minimum atomic E-state index is -0.0815. The van der Waals surface area contributed by atoms with E-state index < -0.39 is 0 Å². The Bertz CT molecular complexity index is 934. The Morgan fingerprint density at radius 2 is 1.90 bits per heavy atom. The van der Waals surface area contributed by atoms with Gasteiger partial charge in [0.2, 0.25) is 5.91 Å². The van der Waals surface area contributed by atoms with Gasteiger partial charge in [0.15, 0.2) is 16.7 Å². The summed E-state index contributed by atoms with van der Waals surface area (Å²) in [5.74, 6) is 2.15. The SMILES string of the molecule is Cc1nc(SCC(=O)N[C@H](c2ccc3c(c2)OCCO3)C(C)C)n(C2CCCC2)c1C. The molecule has 0 spiro atoms. The van der Waals surface area contributed by atoms with E-state index in [4.69, 9.17) is 14.5 Å². The van der Waals surface area contributed by atoms with Crippen molar-refractivity contribution in [1.82, 2.24) is 14.9 Å². The molecule has 1 aliphatic heterocycles. The van der Waals surface area contributed by atoms with Crippen LogP contribution in [0.25, 0.3) is 0 Å². The first-order chi connectivity index (χ1) is 14.9. The van der Waals surface area contributed by atoms with Gasteiger partial charge < -0.3 is 19.4 Å². The number of amides is 1. The molecule has 0 saturated heterocycles. The molecular formula is C24H33N3O3S. The molecule has 1 aromatic heterocycles. The number of rotatable bonds is 7. The summed E-state index contributed by atoms with van der Waals surface area (Å²) in [4.78, 5) is 17.7. The third kappa shape index (κ3) is 4.86. The van der Waals surface area contributed by atoms with Crippen LogP contribution in [0, 0.1) is 19.8 Å². The first-order valence-corrected chi connectivity index (χ1v) is 12.3. The number of nitrogens with zero attached hydrogens (tertiary/aromatic N) is 2. The van der Waals surface area contributed by atoms with Crippen molar-refractivity contribution in [3.63, 3.8) is 0 Å². The fourth-order valence-corrected chi connectivity index (χ4v) is 5.49. The molecule has 1 amide bonds. The monoisotopic (exact) mass is 443 g/mol. The number of aryl methyl sites for hydroxylation is 1. The van der Waals surface area contributed by atoms with Gasteiger partial charge in [-0.05, 0) is 50.3 Å². The molecule has 1 N–H and O–H groups in total. The molecule has 7 heteroatoms. The predicted molar refractivity (Wildman–Crippen MR) is 123 cm³/mol. The molecule has 2 heterocycles. The summed E-state index contributed by atoms with van der Waals surface area (Å²) in [5.41, 5.74) is 3.33. The number of imidazole rings is 1. The van der Waals surface area contributed by atoms with Gasteiger partial charge in [-0.2, -0.15) is 0 Å². The zero-order chi connectivity index (χ0) is 22.0. The summed E-state index contributed by atoms with van der Waals surface area (Å²) in [6.45, 7) is 9.56. The van der Waals surface area contributed by atoms with Crippen LogP contribution in [0.5, 0.6) is 11.5 Å². The van der Waals surface area contributed by atoms with E-state index in [9.17, 15) is 4.79 Å². The highest BCUT2D eigenvalue weighted by Gasteiger charge is 2.25. The number of hydrogen-bond acceptors (Lipinski definition) is 5. The van der Waals surface area contributed by atoms with Gasteiger partial charge in [0, 0.05) is 11.7 Å². The zero-order valence-corrected chi connectivity index (χ0v) is 19.8. The Hall–Kier alpha value is -2.15.